The molecule has 0 bridgehead atoms. The Balaban J connectivity index is 2.09. The molecule has 2 atom stereocenters. The lowest BCUT2D eigenvalue weighted by Crippen LogP contribution is -2.43. The van der Waals surface area contributed by atoms with E-state index in [-0.39, 0.29) is 0 Å². The van der Waals surface area contributed by atoms with Crippen molar-refractivity contribution in [2.24, 2.45) is 5.41 Å². The normalized spacial score (nSPS) is 27.1. The highest BCUT2D eigenvalue weighted by Crippen LogP contribution is 2.42. The van der Waals surface area contributed by atoms with E-state index in [4.69, 9.17) is 11.6 Å². The standard InChI is InChI=1S/C15H22ClNS/c1-15(2)8-7-13(17-3)14(10-15)18-12-6-4-5-11(16)9-12/h4-6,9,13-14,17H,7-8,10H2,1-3H3. The maximum atomic E-state index is 6.06. The van der Waals surface area contributed by atoms with Gasteiger partial charge in [-0.2, -0.15) is 0 Å². The van der Waals surface area contributed by atoms with E-state index in [0.29, 0.717) is 16.7 Å². The second-order valence-corrected chi connectivity index (χ2v) is 7.66. The van der Waals surface area contributed by atoms with Crippen LogP contribution in [-0.4, -0.2) is 18.3 Å². The van der Waals surface area contributed by atoms with Crippen LogP contribution in [0, 0.1) is 5.41 Å². The zero-order valence-corrected chi connectivity index (χ0v) is 12.9. The molecule has 1 nitrogen and oxygen atoms in total. The molecular formula is C15H22ClNS. The molecular weight excluding hydrogens is 262 g/mol. The van der Waals surface area contributed by atoms with E-state index in [2.05, 4.69) is 38.3 Å². The second-order valence-electron chi connectivity index (χ2n) is 5.92. The van der Waals surface area contributed by atoms with Crippen molar-refractivity contribution in [2.45, 2.75) is 49.3 Å². The fourth-order valence-electron chi connectivity index (χ4n) is 2.69. The van der Waals surface area contributed by atoms with Gasteiger partial charge >= 0.3 is 0 Å². The summed E-state index contributed by atoms with van der Waals surface area (Å²) < 4.78 is 0. The van der Waals surface area contributed by atoms with Gasteiger partial charge in [-0.15, -0.1) is 11.8 Å². The van der Waals surface area contributed by atoms with Gasteiger partial charge in [0.1, 0.15) is 0 Å². The smallest absolute Gasteiger partial charge is 0.0417 e. The topological polar surface area (TPSA) is 12.0 Å². The van der Waals surface area contributed by atoms with Gasteiger partial charge < -0.3 is 5.32 Å². The van der Waals surface area contributed by atoms with Crippen molar-refractivity contribution in [2.75, 3.05) is 7.05 Å². The van der Waals surface area contributed by atoms with E-state index in [9.17, 15) is 0 Å². The Labute approximate surface area is 120 Å². The van der Waals surface area contributed by atoms with E-state index in [1.165, 1.54) is 24.2 Å². The Kier molecular flexibility index (Phi) is 4.63. The molecule has 1 aromatic rings. The molecule has 0 saturated heterocycles. The molecule has 1 N–H and O–H groups in total. The van der Waals surface area contributed by atoms with Gasteiger partial charge in [0.15, 0.2) is 0 Å². The third-order valence-corrected chi connectivity index (χ3v) is 5.35. The first-order chi connectivity index (χ1) is 8.50. The van der Waals surface area contributed by atoms with Crippen LogP contribution in [0.2, 0.25) is 5.02 Å². The lowest BCUT2D eigenvalue weighted by atomic mass is 9.75. The lowest BCUT2D eigenvalue weighted by molar-refractivity contribution is 0.218. The summed E-state index contributed by atoms with van der Waals surface area (Å²) in [6.45, 7) is 4.76. The van der Waals surface area contributed by atoms with Crippen molar-refractivity contribution in [3.05, 3.63) is 29.3 Å². The zero-order valence-electron chi connectivity index (χ0n) is 11.4. The quantitative estimate of drug-likeness (QED) is 0.870. The molecule has 0 radical (unpaired) electrons. The van der Waals surface area contributed by atoms with Gasteiger partial charge in [-0.25, -0.2) is 0 Å². The second kappa shape index (κ2) is 5.85. The Morgan fingerprint density at radius 3 is 2.83 bits per heavy atom. The highest BCUT2D eigenvalue weighted by Gasteiger charge is 2.34. The molecule has 0 aromatic heterocycles. The van der Waals surface area contributed by atoms with Crippen molar-refractivity contribution in [1.29, 1.82) is 0 Å². The number of benzene rings is 1. The van der Waals surface area contributed by atoms with Crippen LogP contribution in [0.1, 0.15) is 33.1 Å². The maximum Gasteiger partial charge on any atom is 0.0417 e. The summed E-state index contributed by atoms with van der Waals surface area (Å²) in [5, 5.41) is 4.94. The molecule has 1 aliphatic rings. The van der Waals surface area contributed by atoms with Crippen LogP contribution in [0.4, 0.5) is 0 Å². The maximum absolute atomic E-state index is 6.06. The fourth-order valence-corrected chi connectivity index (χ4v) is 4.62. The van der Waals surface area contributed by atoms with Crippen molar-refractivity contribution in [3.63, 3.8) is 0 Å². The number of hydrogen-bond acceptors (Lipinski definition) is 2. The van der Waals surface area contributed by atoms with Crippen molar-refractivity contribution < 1.29 is 0 Å². The van der Waals surface area contributed by atoms with Crippen LogP contribution in [0.3, 0.4) is 0 Å². The van der Waals surface area contributed by atoms with Crippen molar-refractivity contribution in [1.82, 2.24) is 5.32 Å². The number of rotatable bonds is 3. The van der Waals surface area contributed by atoms with Crippen LogP contribution in [0.25, 0.3) is 0 Å². The molecule has 3 heteroatoms. The van der Waals surface area contributed by atoms with Crippen LogP contribution < -0.4 is 5.32 Å². The Morgan fingerprint density at radius 1 is 1.39 bits per heavy atom. The third-order valence-electron chi connectivity index (χ3n) is 3.79. The Bertz CT molecular complexity index is 405. The first-order valence-electron chi connectivity index (χ1n) is 6.60. The molecule has 0 amide bonds. The van der Waals surface area contributed by atoms with Gasteiger partial charge in [-0.05, 0) is 49.9 Å². The molecule has 0 spiro atoms. The molecule has 0 aliphatic heterocycles. The van der Waals surface area contributed by atoms with Gasteiger partial charge in [0, 0.05) is 21.2 Å². The Hall–Kier alpha value is -0.180. The summed E-state index contributed by atoms with van der Waals surface area (Å²) in [5.41, 5.74) is 0.462. The summed E-state index contributed by atoms with van der Waals surface area (Å²) in [5.74, 6) is 0. The highest BCUT2D eigenvalue weighted by molar-refractivity contribution is 8.00. The molecule has 1 fully saturated rings. The predicted octanol–water partition coefficient (Wildman–Crippen LogP) is 4.60. The molecule has 2 rings (SSSR count). The number of thioether (sulfide) groups is 1. The first-order valence-corrected chi connectivity index (χ1v) is 7.85. The van der Waals surface area contributed by atoms with Gasteiger partial charge in [-0.1, -0.05) is 31.5 Å². The molecule has 0 heterocycles. The molecule has 2 unspecified atom stereocenters. The van der Waals surface area contributed by atoms with Crippen LogP contribution >= 0.6 is 23.4 Å². The number of halogens is 1. The zero-order chi connectivity index (χ0) is 13.2. The minimum Gasteiger partial charge on any atom is -0.316 e. The van der Waals surface area contributed by atoms with Crippen molar-refractivity contribution >= 4 is 23.4 Å². The summed E-state index contributed by atoms with van der Waals surface area (Å²) in [6.07, 6.45) is 3.84. The monoisotopic (exact) mass is 283 g/mol. The SMILES string of the molecule is CNC1CCC(C)(C)CC1Sc1cccc(Cl)c1. The lowest BCUT2D eigenvalue weighted by Gasteiger charge is -2.40. The third kappa shape index (κ3) is 3.66. The number of nitrogens with one attached hydrogen (secondary N) is 1. The van der Waals surface area contributed by atoms with E-state index in [0.717, 1.165) is 5.02 Å². The summed E-state index contributed by atoms with van der Waals surface area (Å²) in [7, 11) is 2.08. The van der Waals surface area contributed by atoms with Gasteiger partial charge in [0.2, 0.25) is 0 Å². The van der Waals surface area contributed by atoms with Crippen LogP contribution in [-0.2, 0) is 0 Å². The average molecular weight is 284 g/mol. The molecule has 1 aromatic carbocycles. The predicted molar refractivity (Wildman–Crippen MR) is 81.6 cm³/mol. The first kappa shape index (κ1) is 14.2. The Morgan fingerprint density at radius 2 is 2.17 bits per heavy atom. The summed E-state index contributed by atoms with van der Waals surface area (Å²) in [4.78, 5) is 1.28. The average Bonchev–Trinajstić information content (AvgIpc) is 2.28. The van der Waals surface area contributed by atoms with Gasteiger partial charge in [0.25, 0.3) is 0 Å². The summed E-state index contributed by atoms with van der Waals surface area (Å²) >= 11 is 8.03. The summed E-state index contributed by atoms with van der Waals surface area (Å²) in [6, 6.07) is 8.81. The minimum absolute atomic E-state index is 0.462. The molecule has 18 heavy (non-hydrogen) atoms. The highest BCUT2D eigenvalue weighted by atomic mass is 35.5. The largest absolute Gasteiger partial charge is 0.316 e. The van der Waals surface area contributed by atoms with Gasteiger partial charge in [-0.3, -0.25) is 0 Å². The number of hydrogen-bond donors (Lipinski definition) is 1. The van der Waals surface area contributed by atoms with E-state index in [1.807, 2.05) is 23.9 Å². The van der Waals surface area contributed by atoms with E-state index < -0.39 is 0 Å². The van der Waals surface area contributed by atoms with Crippen LogP contribution in [0.15, 0.2) is 29.2 Å². The molecule has 1 saturated carbocycles. The van der Waals surface area contributed by atoms with E-state index >= 15 is 0 Å². The molecule has 100 valence electrons. The van der Waals surface area contributed by atoms with E-state index in [1.54, 1.807) is 0 Å². The van der Waals surface area contributed by atoms with Crippen molar-refractivity contribution in [3.8, 4) is 0 Å². The molecule has 1 aliphatic carbocycles. The minimum atomic E-state index is 0.462. The fraction of sp³-hybridized carbons (Fsp3) is 0.600. The van der Waals surface area contributed by atoms with Crippen LogP contribution in [0.5, 0.6) is 0 Å². The van der Waals surface area contributed by atoms with Gasteiger partial charge in [0.05, 0.1) is 0 Å².